The van der Waals surface area contributed by atoms with Gasteiger partial charge < -0.3 is 15.3 Å². The summed E-state index contributed by atoms with van der Waals surface area (Å²) in [5, 5.41) is 25.8. The van der Waals surface area contributed by atoms with E-state index < -0.39 is 12.1 Å². The Bertz CT molecular complexity index is 233. The molecule has 3 N–H and O–H groups in total. The lowest BCUT2D eigenvalue weighted by atomic mass is 10.2. The van der Waals surface area contributed by atoms with Gasteiger partial charge in [-0.2, -0.15) is 0 Å². The summed E-state index contributed by atoms with van der Waals surface area (Å²) in [6, 6.07) is 0. The summed E-state index contributed by atoms with van der Waals surface area (Å²) in [5.41, 5.74) is 0. The van der Waals surface area contributed by atoms with E-state index in [-0.39, 0.29) is 13.0 Å². The Morgan fingerprint density at radius 1 is 1.12 bits per heavy atom. The molecule has 1 unspecified atom stereocenters. The van der Waals surface area contributed by atoms with Gasteiger partial charge in [0.1, 0.15) is 0 Å². The van der Waals surface area contributed by atoms with Crippen molar-refractivity contribution >= 4 is 5.97 Å². The molecule has 0 aliphatic rings. The molecule has 0 bridgehead atoms. The van der Waals surface area contributed by atoms with Crippen molar-refractivity contribution < 1.29 is 20.1 Å². The summed E-state index contributed by atoms with van der Waals surface area (Å²) in [6.07, 6.45) is 9.86. The first kappa shape index (κ1) is 14.9. The number of aliphatic hydroxyl groups is 2. The summed E-state index contributed by atoms with van der Waals surface area (Å²) in [6.45, 7) is 0.247. The Morgan fingerprint density at radius 3 is 2.44 bits per heavy atom. The molecule has 0 spiro atoms. The average Bonchev–Trinajstić information content (AvgIpc) is 2.26. The van der Waals surface area contributed by atoms with Gasteiger partial charge in [0.05, 0.1) is 0 Å². The first-order valence-corrected chi connectivity index (χ1v) is 5.52. The maximum absolute atomic E-state index is 10.2. The van der Waals surface area contributed by atoms with Gasteiger partial charge in [-0.05, 0) is 19.3 Å². The first-order chi connectivity index (χ1) is 7.68. The number of allylic oxidation sites excluding steroid dienone is 3. The highest BCUT2D eigenvalue weighted by Gasteiger charge is 2.09. The molecular formula is C12H20O4. The molecule has 4 heteroatoms. The first-order valence-electron chi connectivity index (χ1n) is 5.52. The van der Waals surface area contributed by atoms with Crippen molar-refractivity contribution in [1.82, 2.24) is 0 Å². The van der Waals surface area contributed by atoms with Gasteiger partial charge in [-0.1, -0.05) is 30.7 Å². The van der Waals surface area contributed by atoms with Crippen LogP contribution in [0.15, 0.2) is 24.3 Å². The normalized spacial score (nSPS) is 13.6. The minimum Gasteiger partial charge on any atom is -0.479 e. The van der Waals surface area contributed by atoms with Crippen LogP contribution in [0.2, 0.25) is 0 Å². The van der Waals surface area contributed by atoms with Crippen molar-refractivity contribution in [2.24, 2.45) is 0 Å². The second kappa shape index (κ2) is 10.4. The van der Waals surface area contributed by atoms with Crippen LogP contribution in [0.3, 0.4) is 0 Å². The number of carboxylic acid groups (broad SMARTS) is 1. The molecule has 92 valence electrons. The van der Waals surface area contributed by atoms with Crippen molar-refractivity contribution in [3.8, 4) is 0 Å². The van der Waals surface area contributed by atoms with E-state index in [0.717, 1.165) is 25.7 Å². The number of hydrogen-bond acceptors (Lipinski definition) is 3. The molecule has 0 saturated carbocycles. The van der Waals surface area contributed by atoms with Gasteiger partial charge in [0.2, 0.25) is 0 Å². The van der Waals surface area contributed by atoms with Crippen LogP contribution in [0, 0.1) is 0 Å². The lowest BCUT2D eigenvalue weighted by Crippen LogP contribution is -2.17. The van der Waals surface area contributed by atoms with Crippen LogP contribution in [-0.4, -0.2) is 34.0 Å². The zero-order valence-corrected chi connectivity index (χ0v) is 9.38. The molecule has 0 saturated heterocycles. The van der Waals surface area contributed by atoms with E-state index >= 15 is 0 Å². The minimum absolute atomic E-state index is 0.129. The third-order valence-electron chi connectivity index (χ3n) is 2.06. The fourth-order valence-electron chi connectivity index (χ4n) is 1.11. The van der Waals surface area contributed by atoms with Crippen LogP contribution in [0.4, 0.5) is 0 Å². The van der Waals surface area contributed by atoms with Crippen molar-refractivity contribution in [2.45, 2.75) is 38.2 Å². The van der Waals surface area contributed by atoms with Crippen LogP contribution < -0.4 is 0 Å². The Hall–Kier alpha value is -1.13. The molecule has 0 heterocycles. The molecular weight excluding hydrogens is 208 g/mol. The number of hydrogen-bond donors (Lipinski definition) is 3. The molecule has 0 amide bonds. The molecule has 0 aromatic rings. The van der Waals surface area contributed by atoms with Crippen molar-refractivity contribution in [2.75, 3.05) is 6.61 Å². The van der Waals surface area contributed by atoms with Gasteiger partial charge >= 0.3 is 5.97 Å². The summed E-state index contributed by atoms with van der Waals surface area (Å²) in [7, 11) is 0. The van der Waals surface area contributed by atoms with E-state index in [4.69, 9.17) is 15.3 Å². The van der Waals surface area contributed by atoms with Gasteiger partial charge in [0, 0.05) is 13.0 Å². The molecule has 0 aromatic carbocycles. The smallest absolute Gasteiger partial charge is 0.332 e. The lowest BCUT2D eigenvalue weighted by molar-refractivity contribution is -0.146. The average molecular weight is 228 g/mol. The van der Waals surface area contributed by atoms with Crippen LogP contribution in [0.1, 0.15) is 32.1 Å². The highest BCUT2D eigenvalue weighted by molar-refractivity contribution is 5.72. The van der Waals surface area contributed by atoms with E-state index in [1.54, 1.807) is 12.2 Å². The molecule has 0 aromatic heterocycles. The predicted molar refractivity (Wildman–Crippen MR) is 62.1 cm³/mol. The molecule has 4 nitrogen and oxygen atoms in total. The Balaban J connectivity index is 3.45. The highest BCUT2D eigenvalue weighted by atomic mass is 16.4. The Morgan fingerprint density at radius 2 is 1.81 bits per heavy atom. The second-order valence-electron chi connectivity index (χ2n) is 3.52. The SMILES string of the molecule is O=C(O)C(O)CC=CC=CCCCCCO. The number of unbranched alkanes of at least 4 members (excludes halogenated alkanes) is 3. The maximum atomic E-state index is 10.2. The molecule has 0 rings (SSSR count). The van der Waals surface area contributed by atoms with Crippen molar-refractivity contribution in [3.05, 3.63) is 24.3 Å². The molecule has 0 aliphatic carbocycles. The monoisotopic (exact) mass is 228 g/mol. The van der Waals surface area contributed by atoms with E-state index in [2.05, 4.69) is 0 Å². The molecule has 0 radical (unpaired) electrons. The van der Waals surface area contributed by atoms with E-state index in [1.807, 2.05) is 12.2 Å². The lowest BCUT2D eigenvalue weighted by Gasteiger charge is -1.98. The number of aliphatic carboxylic acids is 1. The molecule has 1 atom stereocenters. The zero-order valence-electron chi connectivity index (χ0n) is 9.38. The van der Waals surface area contributed by atoms with Gasteiger partial charge in [0.25, 0.3) is 0 Å². The van der Waals surface area contributed by atoms with E-state index in [0.29, 0.717) is 0 Å². The van der Waals surface area contributed by atoms with Crippen LogP contribution in [0.5, 0.6) is 0 Å². The topological polar surface area (TPSA) is 77.8 Å². The summed E-state index contributed by atoms with van der Waals surface area (Å²) in [5.74, 6) is -1.20. The number of carbonyl (C=O) groups is 1. The number of aliphatic hydroxyl groups excluding tert-OH is 2. The third-order valence-corrected chi connectivity index (χ3v) is 2.06. The Labute approximate surface area is 95.9 Å². The van der Waals surface area contributed by atoms with Gasteiger partial charge in [0.15, 0.2) is 6.10 Å². The third kappa shape index (κ3) is 9.43. The zero-order chi connectivity index (χ0) is 12.2. The quantitative estimate of drug-likeness (QED) is 0.412. The number of rotatable bonds is 9. The molecule has 16 heavy (non-hydrogen) atoms. The van der Waals surface area contributed by atoms with Crippen LogP contribution in [-0.2, 0) is 4.79 Å². The number of carboxylic acids is 1. The summed E-state index contributed by atoms with van der Waals surface area (Å²) in [4.78, 5) is 10.2. The van der Waals surface area contributed by atoms with Gasteiger partial charge in [-0.25, -0.2) is 4.79 Å². The molecule has 0 aliphatic heterocycles. The predicted octanol–water partition coefficient (Wildman–Crippen LogP) is 1.49. The molecule has 0 fully saturated rings. The van der Waals surface area contributed by atoms with E-state index in [9.17, 15) is 4.79 Å². The fraction of sp³-hybridized carbons (Fsp3) is 0.583. The van der Waals surface area contributed by atoms with Crippen LogP contribution in [0.25, 0.3) is 0 Å². The maximum Gasteiger partial charge on any atom is 0.332 e. The fourth-order valence-corrected chi connectivity index (χ4v) is 1.11. The van der Waals surface area contributed by atoms with Gasteiger partial charge in [-0.15, -0.1) is 0 Å². The van der Waals surface area contributed by atoms with Crippen molar-refractivity contribution in [1.29, 1.82) is 0 Å². The highest BCUT2D eigenvalue weighted by Crippen LogP contribution is 2.00. The van der Waals surface area contributed by atoms with Crippen molar-refractivity contribution in [3.63, 3.8) is 0 Å². The standard InChI is InChI=1S/C12H20O4/c13-10-8-6-4-2-1-3-5-7-9-11(14)12(15)16/h1,3,5,7,11,13-14H,2,4,6,8-10H2,(H,15,16). The second-order valence-corrected chi connectivity index (χ2v) is 3.52. The minimum atomic E-state index is -1.31. The summed E-state index contributed by atoms with van der Waals surface area (Å²) < 4.78 is 0. The largest absolute Gasteiger partial charge is 0.479 e. The van der Waals surface area contributed by atoms with Gasteiger partial charge in [-0.3, -0.25) is 0 Å². The van der Waals surface area contributed by atoms with E-state index in [1.165, 1.54) is 0 Å². The van der Waals surface area contributed by atoms with Crippen LogP contribution >= 0.6 is 0 Å². The Kier molecular flexibility index (Phi) is 9.66. The summed E-state index contributed by atoms with van der Waals surface area (Å²) >= 11 is 0.